The summed E-state index contributed by atoms with van der Waals surface area (Å²) in [6, 6.07) is 25.2. The molecule has 0 aliphatic carbocycles. The molecule has 0 aliphatic heterocycles. The van der Waals surface area contributed by atoms with E-state index in [9.17, 15) is 0 Å². The second-order valence-electron chi connectivity index (χ2n) is 5.62. The van der Waals surface area contributed by atoms with Crippen molar-refractivity contribution in [2.75, 3.05) is 0 Å². The summed E-state index contributed by atoms with van der Waals surface area (Å²) in [7, 11) is 0. The molecule has 4 aromatic rings. The third kappa shape index (κ3) is 2.68. The van der Waals surface area contributed by atoms with Crippen LogP contribution in [-0.2, 0) is 6.54 Å². The van der Waals surface area contributed by atoms with Gasteiger partial charge in [0.2, 0.25) is 0 Å². The van der Waals surface area contributed by atoms with Crippen molar-refractivity contribution in [3.05, 3.63) is 83.0 Å². The van der Waals surface area contributed by atoms with Crippen molar-refractivity contribution in [3.63, 3.8) is 0 Å². The maximum atomic E-state index is 4.97. The minimum absolute atomic E-state index is 0.900. The lowest BCUT2D eigenvalue weighted by atomic mass is 10.1. The first kappa shape index (κ1) is 14.9. The summed E-state index contributed by atoms with van der Waals surface area (Å²) in [5.41, 5.74) is 3.48. The van der Waals surface area contributed by atoms with E-state index in [1.165, 1.54) is 22.0 Å². The van der Waals surface area contributed by atoms with Gasteiger partial charge in [0.25, 0.3) is 0 Å². The Hall–Kier alpha value is -2.65. The van der Waals surface area contributed by atoms with Crippen LogP contribution in [0.5, 0.6) is 0 Å². The molecule has 0 atom stereocenters. The van der Waals surface area contributed by atoms with Crippen molar-refractivity contribution in [1.82, 2.24) is 4.57 Å². The van der Waals surface area contributed by atoms with E-state index in [0.717, 1.165) is 17.0 Å². The van der Waals surface area contributed by atoms with Crippen LogP contribution in [0, 0.1) is 0 Å². The van der Waals surface area contributed by atoms with Gasteiger partial charge in [-0.3, -0.25) is 0 Å². The Balaban J connectivity index is 1.90. The van der Waals surface area contributed by atoms with Gasteiger partial charge in [-0.1, -0.05) is 66.7 Å². The molecule has 1 heterocycles. The Morgan fingerprint density at radius 1 is 0.875 bits per heavy atom. The third-order valence-corrected chi connectivity index (χ3v) is 5.03. The van der Waals surface area contributed by atoms with Crippen LogP contribution in [0.25, 0.3) is 22.0 Å². The highest BCUT2D eigenvalue weighted by Gasteiger charge is 2.07. The summed E-state index contributed by atoms with van der Waals surface area (Å²) in [4.78, 5) is 6.00. The quantitative estimate of drug-likeness (QED) is 0.464. The summed E-state index contributed by atoms with van der Waals surface area (Å²) in [6.45, 7) is 3.07. The predicted octanol–water partition coefficient (Wildman–Crippen LogP) is 5.62. The number of nitrogens with zero attached hydrogens (tertiary/aromatic N) is 2. The van der Waals surface area contributed by atoms with E-state index >= 15 is 0 Å². The fourth-order valence-corrected chi connectivity index (χ4v) is 3.96. The fraction of sp³-hybridized carbons (Fsp3) is 0.0952. The molecule has 0 unspecified atom stereocenters. The Kier molecular flexibility index (Phi) is 4.01. The smallest absolute Gasteiger partial charge is 0.190 e. The molecule has 0 saturated heterocycles. The monoisotopic (exact) mass is 330 g/mol. The van der Waals surface area contributed by atoms with Gasteiger partial charge in [-0.25, -0.2) is 4.99 Å². The second-order valence-corrected chi connectivity index (χ2v) is 6.46. The highest BCUT2D eigenvalue weighted by Crippen LogP contribution is 2.26. The van der Waals surface area contributed by atoms with E-state index in [0.29, 0.717) is 0 Å². The van der Waals surface area contributed by atoms with Gasteiger partial charge < -0.3 is 4.57 Å². The Bertz CT molecular complexity index is 1040. The average Bonchev–Trinajstić information content (AvgIpc) is 3.05. The summed E-state index contributed by atoms with van der Waals surface area (Å²) in [6.07, 6.45) is 0. The highest BCUT2D eigenvalue weighted by molar-refractivity contribution is 7.07. The van der Waals surface area contributed by atoms with Crippen molar-refractivity contribution >= 4 is 27.8 Å². The number of benzene rings is 3. The highest BCUT2D eigenvalue weighted by atomic mass is 32.1. The van der Waals surface area contributed by atoms with Crippen LogP contribution in [0.3, 0.4) is 0 Å². The van der Waals surface area contributed by atoms with Crippen LogP contribution >= 0.6 is 11.3 Å². The van der Waals surface area contributed by atoms with E-state index in [4.69, 9.17) is 4.99 Å². The van der Waals surface area contributed by atoms with Crippen molar-refractivity contribution < 1.29 is 0 Å². The zero-order valence-corrected chi connectivity index (χ0v) is 14.3. The van der Waals surface area contributed by atoms with E-state index in [-0.39, 0.29) is 0 Å². The molecule has 3 aromatic carbocycles. The van der Waals surface area contributed by atoms with Crippen LogP contribution in [0.1, 0.15) is 6.92 Å². The van der Waals surface area contributed by atoms with Crippen molar-refractivity contribution in [2.24, 2.45) is 4.99 Å². The fourth-order valence-electron chi connectivity index (χ4n) is 2.97. The molecule has 3 heteroatoms. The molecule has 0 N–H and O–H groups in total. The maximum absolute atomic E-state index is 4.97. The van der Waals surface area contributed by atoms with Crippen LogP contribution in [0.4, 0.5) is 5.69 Å². The van der Waals surface area contributed by atoms with Crippen molar-refractivity contribution in [2.45, 2.75) is 13.5 Å². The van der Waals surface area contributed by atoms with Crippen molar-refractivity contribution in [3.8, 4) is 11.3 Å². The molecular formula is C21H18N2S. The van der Waals surface area contributed by atoms with Gasteiger partial charge in [-0.2, -0.15) is 0 Å². The minimum Gasteiger partial charge on any atom is -0.317 e. The van der Waals surface area contributed by atoms with Gasteiger partial charge in [0.05, 0.1) is 11.4 Å². The lowest BCUT2D eigenvalue weighted by molar-refractivity contribution is 0.745. The molecular weight excluding hydrogens is 312 g/mol. The third-order valence-electron chi connectivity index (χ3n) is 4.17. The van der Waals surface area contributed by atoms with Gasteiger partial charge in [-0.05, 0) is 23.9 Å². The summed E-state index contributed by atoms with van der Waals surface area (Å²) < 4.78 is 2.28. The van der Waals surface area contributed by atoms with Gasteiger partial charge in [0.1, 0.15) is 0 Å². The van der Waals surface area contributed by atoms with Gasteiger partial charge in [0.15, 0.2) is 4.80 Å². The molecule has 1 aromatic heterocycles. The van der Waals surface area contributed by atoms with Crippen LogP contribution in [0.2, 0.25) is 0 Å². The number of hydrogen-bond donors (Lipinski definition) is 0. The van der Waals surface area contributed by atoms with Crippen molar-refractivity contribution in [1.29, 1.82) is 0 Å². The predicted molar refractivity (Wildman–Crippen MR) is 103 cm³/mol. The molecule has 2 nitrogen and oxygen atoms in total. The molecule has 24 heavy (non-hydrogen) atoms. The summed E-state index contributed by atoms with van der Waals surface area (Å²) in [5.74, 6) is 0. The average molecular weight is 330 g/mol. The van der Waals surface area contributed by atoms with E-state index in [1.807, 2.05) is 6.07 Å². The Morgan fingerprint density at radius 3 is 2.46 bits per heavy atom. The zero-order chi connectivity index (χ0) is 16.4. The minimum atomic E-state index is 0.900. The maximum Gasteiger partial charge on any atom is 0.190 e. The Labute approximate surface area is 145 Å². The number of hydrogen-bond acceptors (Lipinski definition) is 2. The van der Waals surface area contributed by atoms with Crippen LogP contribution < -0.4 is 4.80 Å². The van der Waals surface area contributed by atoms with Gasteiger partial charge in [0, 0.05) is 17.3 Å². The topological polar surface area (TPSA) is 17.3 Å². The standard InChI is InChI=1S/C21H18N2S/c1-2-23-20(17-10-4-3-5-11-17)15-24-21(23)22-19-14-8-12-16-9-6-7-13-18(16)19/h3-15H,2H2,1H3. The first-order valence-corrected chi connectivity index (χ1v) is 9.01. The lowest BCUT2D eigenvalue weighted by Crippen LogP contribution is -2.14. The lowest BCUT2D eigenvalue weighted by Gasteiger charge is -2.06. The van der Waals surface area contributed by atoms with Gasteiger partial charge in [-0.15, -0.1) is 11.3 Å². The molecule has 4 rings (SSSR count). The summed E-state index contributed by atoms with van der Waals surface area (Å²) in [5, 5.41) is 4.61. The number of rotatable bonds is 3. The molecule has 0 amide bonds. The number of aromatic nitrogens is 1. The largest absolute Gasteiger partial charge is 0.317 e. The summed E-state index contributed by atoms with van der Waals surface area (Å²) >= 11 is 1.70. The van der Waals surface area contributed by atoms with Crippen LogP contribution in [-0.4, -0.2) is 4.57 Å². The normalized spacial score (nSPS) is 12.0. The SMILES string of the molecule is CCn1c(-c2ccccc2)csc1=Nc1cccc2ccccc12. The molecule has 0 fully saturated rings. The van der Waals surface area contributed by atoms with E-state index in [1.54, 1.807) is 11.3 Å². The molecule has 118 valence electrons. The molecule has 0 aliphatic rings. The molecule has 0 bridgehead atoms. The second kappa shape index (κ2) is 6.46. The number of fused-ring (bicyclic) bond motifs is 1. The van der Waals surface area contributed by atoms with E-state index < -0.39 is 0 Å². The first-order chi connectivity index (χ1) is 11.9. The zero-order valence-electron chi connectivity index (χ0n) is 13.5. The first-order valence-electron chi connectivity index (χ1n) is 8.13. The van der Waals surface area contributed by atoms with E-state index in [2.05, 4.69) is 83.6 Å². The molecule has 0 spiro atoms. The van der Waals surface area contributed by atoms with Crippen LogP contribution in [0.15, 0.2) is 83.2 Å². The van der Waals surface area contributed by atoms with Gasteiger partial charge >= 0.3 is 0 Å². The molecule has 0 saturated carbocycles. The molecule has 0 radical (unpaired) electrons. The number of thiazole rings is 1. The Morgan fingerprint density at radius 2 is 1.62 bits per heavy atom.